The van der Waals surface area contributed by atoms with Crippen molar-refractivity contribution in [3.05, 3.63) is 58.6 Å². The number of anilines is 2. The Kier molecular flexibility index (Phi) is 3.60. The molecule has 21 heavy (non-hydrogen) atoms. The Hall–Kier alpha value is -2.00. The van der Waals surface area contributed by atoms with Gasteiger partial charge in [0, 0.05) is 22.0 Å². The maximum Gasteiger partial charge on any atom is 0.251 e. The van der Waals surface area contributed by atoms with Crippen LogP contribution in [0.25, 0.3) is 0 Å². The number of rotatable bonds is 3. The molecule has 3 rings (SSSR count). The van der Waals surface area contributed by atoms with E-state index in [9.17, 15) is 4.79 Å². The van der Waals surface area contributed by atoms with E-state index in [2.05, 4.69) is 30.5 Å². The Balaban J connectivity index is 1.96. The van der Waals surface area contributed by atoms with Crippen molar-refractivity contribution in [1.82, 2.24) is 0 Å². The predicted octanol–water partition coefficient (Wildman–Crippen LogP) is 4.57. The summed E-state index contributed by atoms with van der Waals surface area (Å²) < 4.78 is 0. The molecule has 2 N–H and O–H groups in total. The quantitative estimate of drug-likeness (QED) is 0.872. The summed E-state index contributed by atoms with van der Waals surface area (Å²) in [6, 6.07) is 13.1. The van der Waals surface area contributed by atoms with E-state index in [1.54, 1.807) is 6.07 Å². The van der Waals surface area contributed by atoms with E-state index in [1.807, 2.05) is 30.3 Å². The Labute approximate surface area is 129 Å². The molecule has 108 valence electrons. The standard InChI is InChI=1S/C17H17ClN2O/c1-10(2)12-5-3-4-6-14(12)19-16-13-9-11(18)7-8-15(13)20-17(16)21/h3-10,16,19H,1-2H3,(H,20,21). The van der Waals surface area contributed by atoms with Crippen LogP contribution in [0.3, 0.4) is 0 Å². The number of nitrogens with one attached hydrogen (secondary N) is 2. The number of benzene rings is 2. The number of para-hydroxylation sites is 1. The molecule has 1 aliphatic rings. The van der Waals surface area contributed by atoms with Crippen LogP contribution in [-0.2, 0) is 4.79 Å². The normalized spacial score (nSPS) is 16.8. The van der Waals surface area contributed by atoms with E-state index < -0.39 is 6.04 Å². The van der Waals surface area contributed by atoms with E-state index in [1.165, 1.54) is 5.56 Å². The second kappa shape index (κ2) is 5.41. The molecule has 1 amide bonds. The van der Waals surface area contributed by atoms with Crippen molar-refractivity contribution in [1.29, 1.82) is 0 Å². The molecule has 0 fully saturated rings. The van der Waals surface area contributed by atoms with Gasteiger partial charge >= 0.3 is 0 Å². The van der Waals surface area contributed by atoms with Crippen LogP contribution in [0.15, 0.2) is 42.5 Å². The van der Waals surface area contributed by atoms with Gasteiger partial charge in [0.1, 0.15) is 6.04 Å². The van der Waals surface area contributed by atoms with Gasteiger partial charge in [-0.3, -0.25) is 4.79 Å². The number of amides is 1. The second-order valence-corrected chi connectivity index (χ2v) is 5.98. The first-order valence-electron chi connectivity index (χ1n) is 7.02. The highest BCUT2D eigenvalue weighted by molar-refractivity contribution is 6.31. The van der Waals surface area contributed by atoms with Gasteiger partial charge in [-0.15, -0.1) is 0 Å². The summed E-state index contributed by atoms with van der Waals surface area (Å²) in [5, 5.41) is 6.87. The minimum atomic E-state index is -0.404. The van der Waals surface area contributed by atoms with Crippen LogP contribution >= 0.6 is 11.6 Å². The molecule has 0 saturated heterocycles. The molecule has 3 nitrogen and oxygen atoms in total. The summed E-state index contributed by atoms with van der Waals surface area (Å²) in [7, 11) is 0. The van der Waals surface area contributed by atoms with Gasteiger partial charge in [0.05, 0.1) is 0 Å². The van der Waals surface area contributed by atoms with Gasteiger partial charge in [-0.1, -0.05) is 43.6 Å². The molecule has 2 aromatic rings. The lowest BCUT2D eigenvalue weighted by Gasteiger charge is -2.18. The maximum absolute atomic E-state index is 12.2. The number of halogens is 1. The molecule has 2 aromatic carbocycles. The topological polar surface area (TPSA) is 41.1 Å². The van der Waals surface area contributed by atoms with Crippen molar-refractivity contribution in [2.24, 2.45) is 0 Å². The first kappa shape index (κ1) is 14.0. The number of carbonyl (C=O) groups is 1. The number of carbonyl (C=O) groups excluding carboxylic acids is 1. The third-order valence-corrected chi connectivity index (χ3v) is 3.96. The molecule has 1 atom stereocenters. The van der Waals surface area contributed by atoms with Crippen LogP contribution in [-0.4, -0.2) is 5.91 Å². The van der Waals surface area contributed by atoms with Gasteiger partial charge in [-0.2, -0.15) is 0 Å². The van der Waals surface area contributed by atoms with Crippen LogP contribution < -0.4 is 10.6 Å². The van der Waals surface area contributed by atoms with Crippen LogP contribution in [0.4, 0.5) is 11.4 Å². The summed E-state index contributed by atoms with van der Waals surface area (Å²) in [4.78, 5) is 12.2. The third kappa shape index (κ3) is 2.61. The summed E-state index contributed by atoms with van der Waals surface area (Å²) in [5.74, 6) is 0.336. The fraction of sp³-hybridized carbons (Fsp3) is 0.235. The molecule has 0 spiro atoms. The van der Waals surface area contributed by atoms with E-state index in [-0.39, 0.29) is 5.91 Å². The highest BCUT2D eigenvalue weighted by Gasteiger charge is 2.31. The van der Waals surface area contributed by atoms with Gasteiger partial charge in [0.15, 0.2) is 0 Å². The molecule has 0 aliphatic carbocycles. The van der Waals surface area contributed by atoms with E-state index in [0.29, 0.717) is 10.9 Å². The zero-order valence-electron chi connectivity index (χ0n) is 12.0. The van der Waals surface area contributed by atoms with Crippen LogP contribution in [0, 0.1) is 0 Å². The minimum absolute atomic E-state index is 0.0502. The number of hydrogen-bond acceptors (Lipinski definition) is 2. The van der Waals surface area contributed by atoms with Crippen molar-refractivity contribution >= 4 is 28.9 Å². The van der Waals surface area contributed by atoms with Gasteiger partial charge in [0.2, 0.25) is 0 Å². The van der Waals surface area contributed by atoms with Crippen molar-refractivity contribution in [3.63, 3.8) is 0 Å². The summed E-state index contributed by atoms with van der Waals surface area (Å²) in [5.41, 5.74) is 3.90. The average molecular weight is 301 g/mol. The van der Waals surface area contributed by atoms with E-state index in [4.69, 9.17) is 11.6 Å². The largest absolute Gasteiger partial charge is 0.370 e. The third-order valence-electron chi connectivity index (χ3n) is 3.73. The molecule has 0 aromatic heterocycles. The highest BCUT2D eigenvalue weighted by Crippen LogP contribution is 2.36. The Morgan fingerprint density at radius 3 is 2.71 bits per heavy atom. The summed E-state index contributed by atoms with van der Waals surface area (Å²) in [6.07, 6.45) is 0. The molecule has 0 bridgehead atoms. The van der Waals surface area contributed by atoms with Gasteiger partial charge < -0.3 is 10.6 Å². The van der Waals surface area contributed by atoms with Gasteiger partial charge in [-0.05, 0) is 35.7 Å². The van der Waals surface area contributed by atoms with E-state index >= 15 is 0 Å². The highest BCUT2D eigenvalue weighted by atomic mass is 35.5. The fourth-order valence-corrected chi connectivity index (χ4v) is 2.84. The minimum Gasteiger partial charge on any atom is -0.370 e. The lowest BCUT2D eigenvalue weighted by molar-refractivity contribution is -0.116. The van der Waals surface area contributed by atoms with Crippen molar-refractivity contribution in [2.45, 2.75) is 25.8 Å². The number of hydrogen-bond donors (Lipinski definition) is 2. The SMILES string of the molecule is CC(C)c1ccccc1NC1C(=O)Nc2ccc(Cl)cc21. The zero-order chi connectivity index (χ0) is 15.0. The maximum atomic E-state index is 12.2. The van der Waals surface area contributed by atoms with Crippen LogP contribution in [0.2, 0.25) is 5.02 Å². The number of fused-ring (bicyclic) bond motifs is 1. The van der Waals surface area contributed by atoms with Crippen LogP contribution in [0.1, 0.15) is 36.9 Å². The molecular weight excluding hydrogens is 284 g/mol. The molecule has 1 unspecified atom stereocenters. The molecule has 0 radical (unpaired) electrons. The Bertz CT molecular complexity index is 697. The first-order valence-corrected chi connectivity index (χ1v) is 7.40. The summed E-state index contributed by atoms with van der Waals surface area (Å²) in [6.45, 7) is 4.28. The van der Waals surface area contributed by atoms with Crippen molar-refractivity contribution < 1.29 is 4.79 Å². The lowest BCUT2D eigenvalue weighted by atomic mass is 10.00. The van der Waals surface area contributed by atoms with Gasteiger partial charge in [0.25, 0.3) is 5.91 Å². The Morgan fingerprint density at radius 2 is 1.95 bits per heavy atom. The second-order valence-electron chi connectivity index (χ2n) is 5.54. The lowest BCUT2D eigenvalue weighted by Crippen LogP contribution is -2.20. The van der Waals surface area contributed by atoms with Gasteiger partial charge in [-0.25, -0.2) is 0 Å². The smallest absolute Gasteiger partial charge is 0.251 e. The Morgan fingerprint density at radius 1 is 1.19 bits per heavy atom. The fourth-order valence-electron chi connectivity index (χ4n) is 2.66. The van der Waals surface area contributed by atoms with E-state index in [0.717, 1.165) is 16.9 Å². The molecule has 0 saturated carbocycles. The van der Waals surface area contributed by atoms with Crippen LogP contribution in [0.5, 0.6) is 0 Å². The zero-order valence-corrected chi connectivity index (χ0v) is 12.7. The molecule has 1 aliphatic heterocycles. The predicted molar refractivity (Wildman–Crippen MR) is 87.0 cm³/mol. The monoisotopic (exact) mass is 300 g/mol. The molecular formula is C17H17ClN2O. The van der Waals surface area contributed by atoms with Crippen molar-refractivity contribution in [2.75, 3.05) is 10.6 Å². The average Bonchev–Trinajstić information content (AvgIpc) is 2.75. The molecule has 1 heterocycles. The molecule has 4 heteroatoms. The first-order chi connectivity index (χ1) is 10.1. The summed E-state index contributed by atoms with van der Waals surface area (Å²) >= 11 is 6.05. The van der Waals surface area contributed by atoms with Crippen molar-refractivity contribution in [3.8, 4) is 0 Å².